The number of rotatable bonds is 3. The Morgan fingerprint density at radius 3 is 2.81 bits per heavy atom. The molecule has 0 amide bonds. The number of nitrogens with zero attached hydrogens (tertiary/aromatic N) is 1. The van der Waals surface area contributed by atoms with E-state index in [1.807, 2.05) is 0 Å². The van der Waals surface area contributed by atoms with E-state index in [1.165, 1.54) is 10.8 Å². The zero-order valence-electron chi connectivity index (χ0n) is 11.3. The van der Waals surface area contributed by atoms with Crippen molar-refractivity contribution in [1.82, 2.24) is 9.55 Å². The Labute approximate surface area is 119 Å². The predicted molar refractivity (Wildman–Crippen MR) is 69.4 cm³/mol. The second-order valence-corrected chi connectivity index (χ2v) is 6.71. The van der Waals surface area contributed by atoms with Gasteiger partial charge in [0.05, 0.1) is 12.9 Å². The predicted octanol–water partition coefficient (Wildman–Crippen LogP) is -1.51. The van der Waals surface area contributed by atoms with E-state index in [1.54, 1.807) is 6.92 Å². The first-order valence-corrected chi connectivity index (χ1v) is 8.05. The summed E-state index contributed by atoms with van der Waals surface area (Å²) in [4.78, 5) is 25.4. The van der Waals surface area contributed by atoms with E-state index in [9.17, 15) is 18.0 Å². The van der Waals surface area contributed by atoms with Crippen molar-refractivity contribution in [2.24, 2.45) is 0 Å². The Balaban J connectivity index is 1.95. The van der Waals surface area contributed by atoms with Crippen LogP contribution in [0.5, 0.6) is 0 Å². The van der Waals surface area contributed by atoms with Crippen LogP contribution in [0, 0.1) is 6.92 Å². The summed E-state index contributed by atoms with van der Waals surface area (Å²) in [6, 6.07) is 0. The van der Waals surface area contributed by atoms with Crippen LogP contribution in [-0.4, -0.2) is 49.1 Å². The molecule has 2 fully saturated rings. The highest BCUT2D eigenvalue weighted by atomic mass is 32.2. The molecule has 2 aliphatic heterocycles. The van der Waals surface area contributed by atoms with Gasteiger partial charge < -0.3 is 9.47 Å². The van der Waals surface area contributed by atoms with Gasteiger partial charge in [-0.2, -0.15) is 8.42 Å². The van der Waals surface area contributed by atoms with E-state index in [2.05, 4.69) is 4.98 Å². The van der Waals surface area contributed by atoms with E-state index >= 15 is 0 Å². The molecule has 4 atom stereocenters. The second kappa shape index (κ2) is 4.77. The molecule has 3 rings (SSSR count). The van der Waals surface area contributed by atoms with Crippen LogP contribution >= 0.6 is 0 Å². The SMILES string of the molecule is Cc1cn([C@@H]2O[C@@H]3CO[C@H]2[C@H]3OS(C)(=O)=O)c(=O)[nH]c1=O. The van der Waals surface area contributed by atoms with Gasteiger partial charge >= 0.3 is 5.69 Å². The van der Waals surface area contributed by atoms with Gasteiger partial charge in [0.25, 0.3) is 15.7 Å². The lowest BCUT2D eigenvalue weighted by Gasteiger charge is -2.23. The number of aromatic nitrogens is 2. The van der Waals surface area contributed by atoms with E-state index in [-0.39, 0.29) is 6.61 Å². The summed E-state index contributed by atoms with van der Waals surface area (Å²) in [5.74, 6) is 0. The summed E-state index contributed by atoms with van der Waals surface area (Å²) in [5, 5.41) is 0. The number of nitrogens with one attached hydrogen (secondary N) is 1. The summed E-state index contributed by atoms with van der Waals surface area (Å²) in [6.45, 7) is 1.74. The average molecular weight is 318 g/mol. The molecule has 0 aromatic carbocycles. The third-order valence-corrected chi connectivity index (χ3v) is 4.02. The first kappa shape index (κ1) is 14.4. The van der Waals surface area contributed by atoms with Crippen LogP contribution in [0.3, 0.4) is 0 Å². The molecule has 2 saturated heterocycles. The Kier molecular flexibility index (Phi) is 3.28. The Hall–Kier alpha value is -1.49. The largest absolute Gasteiger partial charge is 0.368 e. The van der Waals surface area contributed by atoms with Crippen molar-refractivity contribution >= 4 is 10.1 Å². The van der Waals surface area contributed by atoms with Gasteiger partial charge in [0.2, 0.25) is 0 Å². The fourth-order valence-electron chi connectivity index (χ4n) is 2.54. The van der Waals surface area contributed by atoms with Crippen molar-refractivity contribution in [3.8, 4) is 0 Å². The molecule has 1 N–H and O–H groups in total. The van der Waals surface area contributed by atoms with Crippen LogP contribution in [0.15, 0.2) is 15.8 Å². The Morgan fingerprint density at radius 2 is 2.14 bits per heavy atom. The first-order chi connectivity index (χ1) is 9.76. The highest BCUT2D eigenvalue weighted by Crippen LogP contribution is 2.39. The zero-order valence-corrected chi connectivity index (χ0v) is 12.1. The molecule has 1 aromatic rings. The number of hydrogen-bond acceptors (Lipinski definition) is 7. The third kappa shape index (κ3) is 2.55. The molecular weight excluding hydrogens is 304 g/mol. The fourth-order valence-corrected chi connectivity index (χ4v) is 3.18. The monoisotopic (exact) mass is 318 g/mol. The molecule has 0 aliphatic carbocycles. The summed E-state index contributed by atoms with van der Waals surface area (Å²) >= 11 is 0. The topological polar surface area (TPSA) is 117 Å². The number of H-pyrrole nitrogens is 1. The van der Waals surface area contributed by atoms with E-state index in [0.717, 1.165) is 6.26 Å². The normalized spacial score (nSPS) is 31.7. The third-order valence-electron chi connectivity index (χ3n) is 3.44. The van der Waals surface area contributed by atoms with Gasteiger partial charge in [-0.1, -0.05) is 0 Å². The molecule has 21 heavy (non-hydrogen) atoms. The minimum absolute atomic E-state index is 0.193. The summed E-state index contributed by atoms with van der Waals surface area (Å²) in [6.07, 6.45) is -0.645. The molecule has 116 valence electrons. The maximum Gasteiger partial charge on any atom is 0.330 e. The van der Waals surface area contributed by atoms with Crippen LogP contribution < -0.4 is 11.2 Å². The standard InChI is InChI=1S/C11H14N2O7S/c1-5-3-13(11(15)12-9(5)14)10-8-7(20-21(2,16)17)6(19-10)4-18-8/h3,6-8,10H,4H2,1-2H3,(H,12,14,15)/t6-,7+,8+,10-/m1/s1. The van der Waals surface area contributed by atoms with Crippen molar-refractivity contribution in [3.63, 3.8) is 0 Å². The van der Waals surface area contributed by atoms with E-state index in [4.69, 9.17) is 13.7 Å². The zero-order chi connectivity index (χ0) is 15.4. The minimum atomic E-state index is -3.67. The highest BCUT2D eigenvalue weighted by Gasteiger charge is 2.54. The van der Waals surface area contributed by atoms with Gasteiger partial charge in [-0.15, -0.1) is 0 Å². The maximum absolute atomic E-state index is 11.9. The molecular formula is C11H14N2O7S. The maximum atomic E-state index is 11.9. The molecule has 10 heteroatoms. The van der Waals surface area contributed by atoms with E-state index in [0.29, 0.717) is 5.56 Å². The van der Waals surface area contributed by atoms with Crippen molar-refractivity contribution in [1.29, 1.82) is 0 Å². The summed E-state index contributed by atoms with van der Waals surface area (Å²) < 4.78 is 39.7. The van der Waals surface area contributed by atoms with Gasteiger partial charge in [-0.05, 0) is 6.92 Å². The van der Waals surface area contributed by atoms with Crippen molar-refractivity contribution in [2.75, 3.05) is 12.9 Å². The Bertz CT molecular complexity index is 780. The van der Waals surface area contributed by atoms with Crippen molar-refractivity contribution in [3.05, 3.63) is 32.6 Å². The lowest BCUT2D eigenvalue weighted by molar-refractivity contribution is -0.128. The van der Waals surface area contributed by atoms with Crippen molar-refractivity contribution < 1.29 is 22.1 Å². The molecule has 0 unspecified atom stereocenters. The summed E-state index contributed by atoms with van der Waals surface area (Å²) in [7, 11) is -3.67. The number of hydrogen-bond donors (Lipinski definition) is 1. The van der Waals surface area contributed by atoms with Gasteiger partial charge in [-0.25, -0.2) is 4.79 Å². The number of fused-ring (bicyclic) bond motifs is 2. The molecule has 3 heterocycles. The number of aryl methyl sites for hydroxylation is 1. The quantitative estimate of drug-likeness (QED) is 0.673. The summed E-state index contributed by atoms with van der Waals surface area (Å²) in [5.41, 5.74) is -0.796. The number of ether oxygens (including phenoxy) is 2. The molecule has 0 spiro atoms. The minimum Gasteiger partial charge on any atom is -0.368 e. The van der Waals surface area contributed by atoms with Gasteiger partial charge in [-0.3, -0.25) is 18.5 Å². The fraction of sp³-hybridized carbons (Fsp3) is 0.636. The molecule has 9 nitrogen and oxygen atoms in total. The average Bonchev–Trinajstić information content (AvgIpc) is 2.89. The van der Waals surface area contributed by atoms with Crippen molar-refractivity contribution in [2.45, 2.75) is 31.5 Å². The van der Waals surface area contributed by atoms with Gasteiger partial charge in [0.15, 0.2) is 6.23 Å². The van der Waals surface area contributed by atoms with Crippen LogP contribution in [0.2, 0.25) is 0 Å². The molecule has 0 saturated carbocycles. The number of aromatic amines is 1. The van der Waals surface area contributed by atoms with E-state index < -0.39 is 45.9 Å². The van der Waals surface area contributed by atoms with Gasteiger partial charge in [0, 0.05) is 11.8 Å². The molecule has 2 aliphatic rings. The van der Waals surface area contributed by atoms with Crippen LogP contribution in [0.1, 0.15) is 11.8 Å². The van der Waals surface area contributed by atoms with Crippen LogP contribution in [-0.2, 0) is 23.8 Å². The molecule has 0 radical (unpaired) electrons. The first-order valence-electron chi connectivity index (χ1n) is 6.23. The lowest BCUT2D eigenvalue weighted by Crippen LogP contribution is -2.39. The lowest BCUT2D eigenvalue weighted by atomic mass is 10.2. The molecule has 1 aromatic heterocycles. The van der Waals surface area contributed by atoms with Crippen LogP contribution in [0.4, 0.5) is 0 Å². The highest BCUT2D eigenvalue weighted by molar-refractivity contribution is 7.86. The molecule has 2 bridgehead atoms. The van der Waals surface area contributed by atoms with Crippen LogP contribution in [0.25, 0.3) is 0 Å². The smallest absolute Gasteiger partial charge is 0.330 e. The second-order valence-electron chi connectivity index (χ2n) is 5.11. The van der Waals surface area contributed by atoms with Gasteiger partial charge in [0.1, 0.15) is 18.3 Å². The Morgan fingerprint density at radius 1 is 1.43 bits per heavy atom.